The standard InChI is InChI=1S/C28H26F3N7O2/c29-28(30,31)22-15-20(4-6-25(22)40-27-34-8-7-24(36-27)26(33)39)38-12-10-37(11-13-38)9-1-2-19-17-35-23-5-3-18(16-32)14-21(19)23/h3-8,14-15,17,35H,1-2,9-13H2,(H2,33,39). The number of aromatic nitrogens is 3. The quantitative estimate of drug-likeness (QED) is 0.332. The van der Waals surface area contributed by atoms with Crippen LogP contribution in [0.4, 0.5) is 18.9 Å². The molecule has 1 fully saturated rings. The van der Waals surface area contributed by atoms with E-state index < -0.39 is 29.4 Å². The van der Waals surface area contributed by atoms with Crippen LogP contribution < -0.4 is 15.4 Å². The molecule has 0 saturated carbocycles. The Hall–Kier alpha value is -4.63. The number of aryl methyl sites for hydroxylation is 1. The van der Waals surface area contributed by atoms with Gasteiger partial charge in [0.05, 0.1) is 11.6 Å². The van der Waals surface area contributed by atoms with Crippen molar-refractivity contribution in [2.24, 2.45) is 5.73 Å². The van der Waals surface area contributed by atoms with Gasteiger partial charge in [0, 0.05) is 55.2 Å². The van der Waals surface area contributed by atoms with E-state index in [-0.39, 0.29) is 5.69 Å². The fourth-order valence-corrected chi connectivity index (χ4v) is 4.83. The van der Waals surface area contributed by atoms with Crippen molar-refractivity contribution in [2.45, 2.75) is 19.0 Å². The van der Waals surface area contributed by atoms with E-state index in [0.29, 0.717) is 24.3 Å². The minimum absolute atomic E-state index is 0.164. The monoisotopic (exact) mass is 549 g/mol. The van der Waals surface area contributed by atoms with E-state index in [2.05, 4.69) is 25.9 Å². The number of aromatic amines is 1. The van der Waals surface area contributed by atoms with Gasteiger partial charge in [-0.2, -0.15) is 23.4 Å². The fraction of sp³-hybridized carbons (Fsp3) is 0.286. The number of hydrogen-bond donors (Lipinski definition) is 2. The van der Waals surface area contributed by atoms with Gasteiger partial charge in [0.2, 0.25) is 0 Å². The van der Waals surface area contributed by atoms with Crippen LogP contribution in [0.2, 0.25) is 0 Å². The topological polar surface area (TPSA) is 124 Å². The maximum Gasteiger partial charge on any atom is 0.420 e. The molecule has 0 spiro atoms. The van der Waals surface area contributed by atoms with Gasteiger partial charge < -0.3 is 20.4 Å². The Balaban J connectivity index is 1.20. The number of nitrogens with one attached hydrogen (secondary N) is 1. The lowest BCUT2D eigenvalue weighted by atomic mass is 10.1. The third-order valence-electron chi connectivity index (χ3n) is 6.91. The van der Waals surface area contributed by atoms with Crippen molar-refractivity contribution >= 4 is 22.5 Å². The van der Waals surface area contributed by atoms with Crippen LogP contribution in [-0.4, -0.2) is 58.5 Å². The van der Waals surface area contributed by atoms with E-state index >= 15 is 0 Å². The SMILES string of the molecule is N#Cc1ccc2[nH]cc(CCCN3CCN(c4ccc(Oc5nccc(C(N)=O)n5)c(C(F)(F)F)c4)CC3)c2c1. The summed E-state index contributed by atoms with van der Waals surface area (Å²) in [6, 6.07) is 12.5. The second kappa shape index (κ2) is 11.2. The van der Waals surface area contributed by atoms with Gasteiger partial charge in [-0.3, -0.25) is 9.69 Å². The first-order chi connectivity index (χ1) is 19.2. The summed E-state index contributed by atoms with van der Waals surface area (Å²) in [7, 11) is 0. The molecular formula is C28H26F3N7O2. The predicted molar refractivity (Wildman–Crippen MR) is 142 cm³/mol. The van der Waals surface area contributed by atoms with E-state index in [0.717, 1.165) is 49.4 Å². The molecule has 0 radical (unpaired) electrons. The molecule has 0 bridgehead atoms. The molecule has 206 valence electrons. The number of carbonyl (C=O) groups is 1. The molecule has 2 aromatic carbocycles. The first-order valence-electron chi connectivity index (χ1n) is 12.7. The summed E-state index contributed by atoms with van der Waals surface area (Å²) in [5.41, 5.74) is 7.30. The number of nitrogens with two attached hydrogens (primary N) is 1. The number of hydrogen-bond acceptors (Lipinski definition) is 7. The first-order valence-corrected chi connectivity index (χ1v) is 12.7. The van der Waals surface area contributed by atoms with Gasteiger partial charge in [-0.15, -0.1) is 0 Å². The highest BCUT2D eigenvalue weighted by molar-refractivity contribution is 5.90. The molecule has 1 saturated heterocycles. The average Bonchev–Trinajstić information content (AvgIpc) is 3.35. The molecule has 12 heteroatoms. The van der Waals surface area contributed by atoms with Gasteiger partial charge in [-0.05, 0) is 67.4 Å². The van der Waals surface area contributed by atoms with E-state index in [1.807, 2.05) is 23.2 Å². The highest BCUT2D eigenvalue weighted by Crippen LogP contribution is 2.40. The number of carbonyl (C=O) groups excluding carboxylic acids is 1. The van der Waals surface area contributed by atoms with Gasteiger partial charge in [0.1, 0.15) is 17.0 Å². The van der Waals surface area contributed by atoms with Crippen LogP contribution in [0.25, 0.3) is 10.9 Å². The third kappa shape index (κ3) is 6.00. The molecule has 1 amide bonds. The van der Waals surface area contributed by atoms with Gasteiger partial charge in [0.15, 0.2) is 0 Å². The van der Waals surface area contributed by atoms with Gasteiger partial charge in [-0.1, -0.05) is 0 Å². The largest absolute Gasteiger partial charge is 0.424 e. The summed E-state index contributed by atoms with van der Waals surface area (Å²) < 4.78 is 47.1. The van der Waals surface area contributed by atoms with Crippen molar-refractivity contribution < 1.29 is 22.7 Å². The summed E-state index contributed by atoms with van der Waals surface area (Å²) in [4.78, 5) is 26.4. The molecule has 0 unspecified atom stereocenters. The number of piperazine rings is 1. The lowest BCUT2D eigenvalue weighted by molar-refractivity contribution is -0.138. The van der Waals surface area contributed by atoms with E-state index in [4.69, 9.17) is 10.5 Å². The van der Waals surface area contributed by atoms with Crippen molar-refractivity contribution in [3.8, 4) is 17.8 Å². The number of fused-ring (bicyclic) bond motifs is 1. The zero-order valence-corrected chi connectivity index (χ0v) is 21.4. The van der Waals surface area contributed by atoms with Crippen LogP contribution in [0.15, 0.2) is 54.9 Å². The number of H-pyrrole nitrogens is 1. The summed E-state index contributed by atoms with van der Waals surface area (Å²) in [5, 5.41) is 10.2. The number of nitriles is 1. The third-order valence-corrected chi connectivity index (χ3v) is 6.91. The minimum Gasteiger partial charge on any atom is -0.424 e. The zero-order chi connectivity index (χ0) is 28.3. The summed E-state index contributed by atoms with van der Waals surface area (Å²) in [5.74, 6) is -1.30. The number of nitrogens with zero attached hydrogens (tertiary/aromatic N) is 5. The molecule has 4 aromatic rings. The van der Waals surface area contributed by atoms with E-state index in [1.54, 1.807) is 12.1 Å². The van der Waals surface area contributed by atoms with Gasteiger partial charge in [0.25, 0.3) is 5.91 Å². The fourth-order valence-electron chi connectivity index (χ4n) is 4.83. The van der Waals surface area contributed by atoms with Crippen molar-refractivity contribution in [2.75, 3.05) is 37.6 Å². The maximum absolute atomic E-state index is 13.9. The summed E-state index contributed by atoms with van der Waals surface area (Å²) >= 11 is 0. The lowest BCUT2D eigenvalue weighted by Gasteiger charge is -2.36. The highest BCUT2D eigenvalue weighted by atomic mass is 19.4. The summed E-state index contributed by atoms with van der Waals surface area (Å²) in [6.07, 6.45) is 0.278. The smallest absolute Gasteiger partial charge is 0.420 e. The molecule has 0 atom stereocenters. The molecule has 1 aliphatic heterocycles. The van der Waals surface area contributed by atoms with Crippen LogP contribution in [-0.2, 0) is 12.6 Å². The van der Waals surface area contributed by atoms with E-state index in [9.17, 15) is 23.2 Å². The number of halogens is 3. The van der Waals surface area contributed by atoms with Gasteiger partial charge >= 0.3 is 12.2 Å². The Labute approximate surface area is 228 Å². The molecule has 3 N–H and O–H groups in total. The Morgan fingerprint density at radius 1 is 1.12 bits per heavy atom. The number of alkyl halides is 3. The predicted octanol–water partition coefficient (Wildman–Crippen LogP) is 4.49. The van der Waals surface area contributed by atoms with Crippen molar-refractivity contribution in [1.82, 2.24) is 19.9 Å². The number of anilines is 1. The van der Waals surface area contributed by atoms with Crippen LogP contribution >= 0.6 is 0 Å². The second-order valence-electron chi connectivity index (χ2n) is 9.49. The van der Waals surface area contributed by atoms with Crippen LogP contribution in [0.1, 0.15) is 33.6 Å². The molecule has 9 nitrogen and oxygen atoms in total. The molecule has 3 heterocycles. The molecule has 1 aliphatic rings. The zero-order valence-electron chi connectivity index (χ0n) is 21.4. The highest BCUT2D eigenvalue weighted by Gasteiger charge is 2.36. The van der Waals surface area contributed by atoms with Crippen LogP contribution in [0.5, 0.6) is 11.8 Å². The lowest BCUT2D eigenvalue weighted by Crippen LogP contribution is -2.46. The Morgan fingerprint density at radius 2 is 1.93 bits per heavy atom. The Morgan fingerprint density at radius 3 is 2.65 bits per heavy atom. The van der Waals surface area contributed by atoms with Crippen LogP contribution in [0, 0.1) is 11.3 Å². The maximum atomic E-state index is 13.9. The number of rotatable bonds is 8. The minimum atomic E-state index is -4.68. The molecule has 40 heavy (non-hydrogen) atoms. The normalized spacial score (nSPS) is 14.3. The van der Waals surface area contributed by atoms with Crippen molar-refractivity contribution in [1.29, 1.82) is 5.26 Å². The van der Waals surface area contributed by atoms with E-state index in [1.165, 1.54) is 23.9 Å². The summed E-state index contributed by atoms with van der Waals surface area (Å²) in [6.45, 7) is 3.48. The number of amides is 1. The Kier molecular flexibility index (Phi) is 7.57. The molecule has 0 aliphatic carbocycles. The number of ether oxygens (including phenoxy) is 1. The second-order valence-corrected chi connectivity index (χ2v) is 9.49. The molecule has 2 aromatic heterocycles. The first kappa shape index (κ1) is 27.0. The average molecular weight is 550 g/mol. The van der Waals surface area contributed by atoms with Crippen molar-refractivity contribution in [3.63, 3.8) is 0 Å². The van der Waals surface area contributed by atoms with Gasteiger partial charge in [-0.25, -0.2) is 4.98 Å². The number of primary amides is 1. The molecular weight excluding hydrogens is 523 g/mol. The number of benzene rings is 2. The molecule has 5 rings (SSSR count). The van der Waals surface area contributed by atoms with Crippen LogP contribution in [0.3, 0.4) is 0 Å². The van der Waals surface area contributed by atoms with Crippen molar-refractivity contribution in [3.05, 3.63) is 77.2 Å². The Bertz CT molecular complexity index is 1570.